The van der Waals surface area contributed by atoms with Gasteiger partial charge in [-0.25, -0.2) is 0 Å². The number of aromatic amines is 1. The normalized spacial score (nSPS) is 13.3. The van der Waals surface area contributed by atoms with Crippen molar-refractivity contribution < 1.29 is 0 Å². The first-order valence-corrected chi connectivity index (χ1v) is 5.53. The zero-order valence-corrected chi connectivity index (χ0v) is 9.59. The van der Waals surface area contributed by atoms with Crippen LogP contribution >= 0.6 is 0 Å². The van der Waals surface area contributed by atoms with Gasteiger partial charge in [-0.3, -0.25) is 0 Å². The highest BCUT2D eigenvalue weighted by molar-refractivity contribution is 5.81. The Morgan fingerprint density at radius 2 is 2.13 bits per heavy atom. The molecule has 0 radical (unpaired) electrons. The van der Waals surface area contributed by atoms with Crippen LogP contribution in [-0.4, -0.2) is 11.5 Å². The van der Waals surface area contributed by atoms with E-state index in [-0.39, 0.29) is 0 Å². The van der Waals surface area contributed by atoms with Crippen molar-refractivity contribution >= 4 is 10.9 Å². The predicted molar refractivity (Wildman–Crippen MR) is 65.1 cm³/mol. The fourth-order valence-corrected chi connectivity index (χ4v) is 1.92. The van der Waals surface area contributed by atoms with Crippen LogP contribution in [0.3, 0.4) is 0 Å². The molecule has 2 nitrogen and oxygen atoms in total. The van der Waals surface area contributed by atoms with Gasteiger partial charge < -0.3 is 10.3 Å². The lowest BCUT2D eigenvalue weighted by Gasteiger charge is -2.09. The zero-order chi connectivity index (χ0) is 10.8. The Kier molecular flexibility index (Phi) is 2.78. The van der Waals surface area contributed by atoms with Gasteiger partial charge in [0.25, 0.3) is 0 Å². The summed E-state index contributed by atoms with van der Waals surface area (Å²) in [6.07, 6.45) is 0. The number of fused-ring (bicyclic) bond motifs is 1. The van der Waals surface area contributed by atoms with Crippen molar-refractivity contribution in [1.29, 1.82) is 0 Å². The summed E-state index contributed by atoms with van der Waals surface area (Å²) < 4.78 is 0. The molecule has 0 aliphatic rings. The van der Waals surface area contributed by atoms with Crippen molar-refractivity contribution in [1.82, 2.24) is 10.3 Å². The van der Waals surface area contributed by atoms with Gasteiger partial charge in [-0.15, -0.1) is 0 Å². The lowest BCUT2D eigenvalue weighted by Crippen LogP contribution is -2.17. The van der Waals surface area contributed by atoms with E-state index in [0.29, 0.717) is 6.04 Å². The molecule has 1 heterocycles. The Morgan fingerprint density at radius 3 is 2.87 bits per heavy atom. The highest BCUT2D eigenvalue weighted by Gasteiger charge is 2.06. The molecule has 0 amide bonds. The second-order valence-corrected chi connectivity index (χ2v) is 4.09. The van der Waals surface area contributed by atoms with E-state index in [1.165, 1.54) is 22.2 Å². The first kappa shape index (κ1) is 10.2. The van der Waals surface area contributed by atoms with Crippen LogP contribution in [0, 0.1) is 6.92 Å². The Hall–Kier alpha value is -1.28. The molecule has 80 valence electrons. The van der Waals surface area contributed by atoms with Crippen molar-refractivity contribution in [2.75, 3.05) is 6.54 Å². The number of nitrogens with one attached hydrogen (secondary N) is 2. The standard InChI is InChI=1S/C13H18N2/c1-4-14-10(3)13-8-11-7-9(2)5-6-12(11)15-13/h5-8,10,14-15H,4H2,1-3H3. The van der Waals surface area contributed by atoms with Gasteiger partial charge in [0.05, 0.1) is 0 Å². The fourth-order valence-electron chi connectivity index (χ4n) is 1.92. The van der Waals surface area contributed by atoms with Gasteiger partial charge >= 0.3 is 0 Å². The third-order valence-corrected chi connectivity index (χ3v) is 2.77. The molecule has 1 atom stereocenters. The smallest absolute Gasteiger partial charge is 0.0456 e. The van der Waals surface area contributed by atoms with Gasteiger partial charge in [-0.1, -0.05) is 18.6 Å². The van der Waals surface area contributed by atoms with Gasteiger partial charge in [0.2, 0.25) is 0 Å². The number of H-pyrrole nitrogens is 1. The van der Waals surface area contributed by atoms with Crippen LogP contribution in [-0.2, 0) is 0 Å². The lowest BCUT2D eigenvalue weighted by atomic mass is 10.1. The number of benzene rings is 1. The molecule has 2 aromatic rings. The Morgan fingerprint density at radius 1 is 1.33 bits per heavy atom. The van der Waals surface area contributed by atoms with Gasteiger partial charge in [-0.05, 0) is 44.0 Å². The summed E-state index contributed by atoms with van der Waals surface area (Å²) in [5.74, 6) is 0. The van der Waals surface area contributed by atoms with Crippen LogP contribution in [0.5, 0.6) is 0 Å². The molecular formula is C13H18N2. The van der Waals surface area contributed by atoms with Crippen LogP contribution in [0.4, 0.5) is 0 Å². The van der Waals surface area contributed by atoms with E-state index in [1.807, 2.05) is 0 Å². The van der Waals surface area contributed by atoms with E-state index >= 15 is 0 Å². The zero-order valence-electron chi connectivity index (χ0n) is 9.59. The number of hydrogen-bond donors (Lipinski definition) is 2. The summed E-state index contributed by atoms with van der Waals surface area (Å²) in [7, 11) is 0. The summed E-state index contributed by atoms with van der Waals surface area (Å²) >= 11 is 0. The van der Waals surface area contributed by atoms with Crippen molar-refractivity contribution in [3.8, 4) is 0 Å². The van der Waals surface area contributed by atoms with Gasteiger partial charge in [0, 0.05) is 17.3 Å². The van der Waals surface area contributed by atoms with Crippen LogP contribution in [0.25, 0.3) is 10.9 Å². The topological polar surface area (TPSA) is 27.8 Å². The summed E-state index contributed by atoms with van der Waals surface area (Å²) in [5, 5.41) is 4.71. The maximum atomic E-state index is 3.44. The van der Waals surface area contributed by atoms with E-state index in [0.717, 1.165) is 6.54 Å². The third-order valence-electron chi connectivity index (χ3n) is 2.77. The average Bonchev–Trinajstić information content (AvgIpc) is 2.60. The molecule has 0 bridgehead atoms. The monoisotopic (exact) mass is 202 g/mol. The van der Waals surface area contributed by atoms with Crippen molar-refractivity contribution in [3.63, 3.8) is 0 Å². The molecule has 0 aliphatic heterocycles. The maximum Gasteiger partial charge on any atom is 0.0456 e. The van der Waals surface area contributed by atoms with Gasteiger partial charge in [0.15, 0.2) is 0 Å². The van der Waals surface area contributed by atoms with Crippen LogP contribution in [0.15, 0.2) is 24.3 Å². The molecule has 0 fully saturated rings. The second-order valence-electron chi connectivity index (χ2n) is 4.09. The van der Waals surface area contributed by atoms with E-state index < -0.39 is 0 Å². The molecule has 2 N–H and O–H groups in total. The molecule has 15 heavy (non-hydrogen) atoms. The third kappa shape index (κ3) is 2.05. The van der Waals surface area contributed by atoms with Crippen LogP contribution < -0.4 is 5.32 Å². The second kappa shape index (κ2) is 4.07. The van der Waals surface area contributed by atoms with Crippen molar-refractivity contribution in [2.45, 2.75) is 26.8 Å². The summed E-state index contributed by atoms with van der Waals surface area (Å²) in [6.45, 7) is 7.43. The minimum absolute atomic E-state index is 0.391. The maximum absolute atomic E-state index is 3.44. The largest absolute Gasteiger partial charge is 0.357 e. The number of aromatic nitrogens is 1. The summed E-state index contributed by atoms with van der Waals surface area (Å²) in [5.41, 5.74) is 3.79. The Bertz CT molecular complexity index is 457. The first-order chi connectivity index (χ1) is 7.20. The van der Waals surface area contributed by atoms with E-state index in [2.05, 4.69) is 55.3 Å². The molecule has 0 aliphatic carbocycles. The molecule has 0 saturated heterocycles. The number of hydrogen-bond acceptors (Lipinski definition) is 1. The molecular weight excluding hydrogens is 184 g/mol. The molecule has 1 aromatic heterocycles. The fraction of sp³-hybridized carbons (Fsp3) is 0.385. The van der Waals surface area contributed by atoms with Gasteiger partial charge in [0.1, 0.15) is 0 Å². The molecule has 2 heteroatoms. The highest BCUT2D eigenvalue weighted by atomic mass is 14.9. The number of rotatable bonds is 3. The summed E-state index contributed by atoms with van der Waals surface area (Å²) in [6, 6.07) is 9.12. The van der Waals surface area contributed by atoms with Crippen molar-refractivity contribution in [3.05, 3.63) is 35.5 Å². The Labute approximate surface area is 90.7 Å². The quantitative estimate of drug-likeness (QED) is 0.786. The van der Waals surface area contributed by atoms with Crippen LogP contribution in [0.2, 0.25) is 0 Å². The van der Waals surface area contributed by atoms with Crippen LogP contribution in [0.1, 0.15) is 31.1 Å². The molecule has 1 unspecified atom stereocenters. The SMILES string of the molecule is CCNC(C)c1cc2cc(C)ccc2[nH]1. The minimum Gasteiger partial charge on any atom is -0.357 e. The predicted octanol–water partition coefficient (Wildman–Crippen LogP) is 3.15. The minimum atomic E-state index is 0.391. The van der Waals surface area contributed by atoms with E-state index in [4.69, 9.17) is 0 Å². The molecule has 2 rings (SSSR count). The molecule has 0 saturated carbocycles. The highest BCUT2D eigenvalue weighted by Crippen LogP contribution is 2.20. The summed E-state index contributed by atoms with van der Waals surface area (Å²) in [4.78, 5) is 3.44. The average molecular weight is 202 g/mol. The molecule has 1 aromatic carbocycles. The van der Waals surface area contributed by atoms with E-state index in [9.17, 15) is 0 Å². The van der Waals surface area contributed by atoms with Crippen molar-refractivity contribution in [2.24, 2.45) is 0 Å². The Balaban J connectivity index is 2.38. The first-order valence-electron chi connectivity index (χ1n) is 5.53. The van der Waals surface area contributed by atoms with Gasteiger partial charge in [-0.2, -0.15) is 0 Å². The van der Waals surface area contributed by atoms with E-state index in [1.54, 1.807) is 0 Å². The molecule has 0 spiro atoms. The number of aryl methyl sites for hydroxylation is 1. The lowest BCUT2D eigenvalue weighted by molar-refractivity contribution is 0.587.